The van der Waals surface area contributed by atoms with E-state index < -0.39 is 10.7 Å². The number of carbonyl (C=O) groups is 2. The maximum absolute atomic E-state index is 14.4. The minimum Gasteiger partial charge on any atom is -0.311 e. The number of thioether (sulfide) groups is 1. The summed E-state index contributed by atoms with van der Waals surface area (Å²) in [6.07, 6.45) is 0. The molecule has 1 spiro atoms. The smallest absolute Gasteiger partial charge is 0.268 e. The normalized spacial score (nSPS) is 19.7. The zero-order valence-corrected chi connectivity index (χ0v) is 18.9. The number of hydrogen-bond donors (Lipinski definition) is 0. The molecule has 2 heterocycles. The minimum atomic E-state index is -1.28. The number of anilines is 1. The summed E-state index contributed by atoms with van der Waals surface area (Å²) in [7, 11) is 0. The Balaban J connectivity index is 1.58. The SMILES string of the molecule is Cc1ccc(CN2C(=O)[C@@]3(SCCN3C(=O)c3ccc(Cl)cc3)c3cc(F)ccc32)cc1. The van der Waals surface area contributed by atoms with Gasteiger partial charge in [0, 0.05) is 28.4 Å². The fourth-order valence-electron chi connectivity index (χ4n) is 4.37. The van der Waals surface area contributed by atoms with Crippen molar-refractivity contribution in [3.8, 4) is 0 Å². The van der Waals surface area contributed by atoms with E-state index >= 15 is 0 Å². The highest BCUT2D eigenvalue weighted by molar-refractivity contribution is 8.01. The zero-order valence-electron chi connectivity index (χ0n) is 17.3. The van der Waals surface area contributed by atoms with Crippen LogP contribution in [0.1, 0.15) is 27.0 Å². The highest BCUT2D eigenvalue weighted by Crippen LogP contribution is 2.54. The lowest BCUT2D eigenvalue weighted by Crippen LogP contribution is -2.50. The van der Waals surface area contributed by atoms with Crippen LogP contribution in [-0.4, -0.2) is 29.0 Å². The van der Waals surface area contributed by atoms with E-state index in [4.69, 9.17) is 11.6 Å². The molecule has 32 heavy (non-hydrogen) atoms. The second kappa shape index (κ2) is 7.94. The first-order valence-electron chi connectivity index (χ1n) is 10.3. The van der Waals surface area contributed by atoms with Crippen LogP contribution in [0.4, 0.5) is 10.1 Å². The zero-order chi connectivity index (χ0) is 22.5. The number of halogens is 2. The maximum Gasteiger partial charge on any atom is 0.268 e. The lowest BCUT2D eigenvalue weighted by molar-refractivity contribution is -0.123. The molecule has 3 aromatic rings. The van der Waals surface area contributed by atoms with Crippen molar-refractivity contribution in [2.24, 2.45) is 0 Å². The summed E-state index contributed by atoms with van der Waals surface area (Å²) < 4.78 is 14.4. The predicted molar refractivity (Wildman–Crippen MR) is 125 cm³/mol. The molecule has 5 rings (SSSR count). The minimum absolute atomic E-state index is 0.219. The van der Waals surface area contributed by atoms with Crippen molar-refractivity contribution in [1.29, 1.82) is 0 Å². The molecule has 0 N–H and O–H groups in total. The molecule has 3 aromatic carbocycles. The van der Waals surface area contributed by atoms with Crippen LogP contribution in [0.2, 0.25) is 5.02 Å². The maximum atomic E-state index is 14.4. The summed E-state index contributed by atoms with van der Waals surface area (Å²) in [5, 5.41) is 0.528. The van der Waals surface area contributed by atoms with Crippen molar-refractivity contribution in [2.45, 2.75) is 18.3 Å². The van der Waals surface area contributed by atoms with Crippen LogP contribution >= 0.6 is 23.4 Å². The number of nitrogens with zero attached hydrogens (tertiary/aromatic N) is 2. The number of amides is 2. The van der Waals surface area contributed by atoms with Crippen molar-refractivity contribution in [1.82, 2.24) is 4.90 Å². The molecule has 0 aromatic heterocycles. The average molecular weight is 467 g/mol. The summed E-state index contributed by atoms with van der Waals surface area (Å²) >= 11 is 7.36. The van der Waals surface area contributed by atoms with Gasteiger partial charge < -0.3 is 9.80 Å². The Hall–Kier alpha value is -2.83. The third kappa shape index (κ3) is 3.29. The first-order chi connectivity index (χ1) is 15.4. The van der Waals surface area contributed by atoms with Gasteiger partial charge in [-0.1, -0.05) is 41.4 Å². The van der Waals surface area contributed by atoms with Gasteiger partial charge in [-0.05, 0) is 55.0 Å². The Morgan fingerprint density at radius 3 is 2.53 bits per heavy atom. The van der Waals surface area contributed by atoms with Gasteiger partial charge in [-0.2, -0.15) is 0 Å². The Bertz CT molecular complexity index is 1220. The van der Waals surface area contributed by atoms with E-state index in [0.29, 0.717) is 40.7 Å². The molecule has 7 heteroatoms. The first-order valence-corrected chi connectivity index (χ1v) is 11.7. The number of rotatable bonds is 3. The molecule has 0 aliphatic carbocycles. The standard InChI is InChI=1S/C25H20ClFN2O2S/c1-16-2-4-17(5-3-16)15-28-22-11-10-20(27)14-21(22)25(24(28)31)29(12-13-32-25)23(30)18-6-8-19(26)9-7-18/h2-11,14H,12-13,15H2,1H3/t25-/m0/s1. The van der Waals surface area contributed by atoms with E-state index in [0.717, 1.165) is 11.1 Å². The van der Waals surface area contributed by atoms with Crippen LogP contribution in [0.15, 0.2) is 66.7 Å². The summed E-state index contributed by atoms with van der Waals surface area (Å²) in [4.78, 5) is 29.4. The lowest BCUT2D eigenvalue weighted by atomic mass is 10.0. The Morgan fingerprint density at radius 1 is 1.09 bits per heavy atom. The largest absolute Gasteiger partial charge is 0.311 e. The molecule has 0 unspecified atom stereocenters. The topological polar surface area (TPSA) is 40.6 Å². The monoisotopic (exact) mass is 466 g/mol. The third-order valence-corrected chi connectivity index (χ3v) is 7.62. The van der Waals surface area contributed by atoms with E-state index in [1.54, 1.807) is 40.1 Å². The van der Waals surface area contributed by atoms with Gasteiger partial charge in [-0.25, -0.2) is 4.39 Å². The molecule has 0 saturated carbocycles. The molecule has 1 atom stereocenters. The number of fused-ring (bicyclic) bond motifs is 2. The molecule has 0 radical (unpaired) electrons. The van der Waals surface area contributed by atoms with Crippen molar-refractivity contribution in [3.63, 3.8) is 0 Å². The third-order valence-electron chi connectivity index (χ3n) is 5.95. The van der Waals surface area contributed by atoms with Gasteiger partial charge in [0.15, 0.2) is 4.87 Å². The first kappa shape index (κ1) is 21.0. The van der Waals surface area contributed by atoms with Gasteiger partial charge in [0.25, 0.3) is 11.8 Å². The molecule has 162 valence electrons. The predicted octanol–water partition coefficient (Wildman–Crippen LogP) is 5.38. The molecule has 0 bridgehead atoms. The number of aryl methyl sites for hydroxylation is 1. The van der Waals surface area contributed by atoms with Crippen LogP contribution in [0, 0.1) is 12.7 Å². The highest BCUT2D eigenvalue weighted by atomic mass is 35.5. The van der Waals surface area contributed by atoms with E-state index in [-0.39, 0.29) is 11.8 Å². The quantitative estimate of drug-likeness (QED) is 0.520. The molecule has 2 aliphatic heterocycles. The number of hydrogen-bond acceptors (Lipinski definition) is 3. The Kier molecular flexibility index (Phi) is 5.22. The van der Waals surface area contributed by atoms with Crippen LogP contribution in [0.25, 0.3) is 0 Å². The molecular formula is C25H20ClFN2O2S. The van der Waals surface area contributed by atoms with Gasteiger partial charge in [-0.15, -0.1) is 11.8 Å². The van der Waals surface area contributed by atoms with Crippen molar-refractivity contribution in [3.05, 3.63) is 99.8 Å². The molecule has 2 aliphatic rings. The van der Waals surface area contributed by atoms with E-state index in [1.807, 2.05) is 31.2 Å². The van der Waals surface area contributed by atoms with Crippen LogP contribution in [0.5, 0.6) is 0 Å². The molecule has 1 fully saturated rings. The van der Waals surface area contributed by atoms with Crippen LogP contribution in [0.3, 0.4) is 0 Å². The van der Waals surface area contributed by atoms with E-state index in [9.17, 15) is 14.0 Å². The van der Waals surface area contributed by atoms with Gasteiger partial charge in [-0.3, -0.25) is 9.59 Å². The Morgan fingerprint density at radius 2 is 1.81 bits per heavy atom. The molecular weight excluding hydrogens is 447 g/mol. The second-order valence-electron chi connectivity index (χ2n) is 7.99. The van der Waals surface area contributed by atoms with E-state index in [1.165, 1.54) is 23.9 Å². The average Bonchev–Trinajstić information content (AvgIpc) is 3.32. The molecule has 1 saturated heterocycles. The number of carbonyl (C=O) groups excluding carboxylic acids is 2. The van der Waals surface area contributed by atoms with Gasteiger partial charge in [0.05, 0.1) is 12.2 Å². The second-order valence-corrected chi connectivity index (χ2v) is 9.72. The van der Waals surface area contributed by atoms with Crippen LogP contribution in [-0.2, 0) is 16.2 Å². The van der Waals surface area contributed by atoms with Crippen molar-refractivity contribution >= 4 is 40.9 Å². The number of benzene rings is 3. The highest BCUT2D eigenvalue weighted by Gasteiger charge is 2.59. The van der Waals surface area contributed by atoms with Crippen LogP contribution < -0.4 is 4.90 Å². The lowest BCUT2D eigenvalue weighted by Gasteiger charge is -2.33. The summed E-state index contributed by atoms with van der Waals surface area (Å²) in [5.41, 5.74) is 3.71. The van der Waals surface area contributed by atoms with Gasteiger partial charge in [0.1, 0.15) is 5.82 Å². The fourth-order valence-corrected chi connectivity index (χ4v) is 5.95. The molecule has 2 amide bonds. The fraction of sp³-hybridized carbons (Fsp3) is 0.200. The summed E-state index contributed by atoms with van der Waals surface area (Å²) in [5.74, 6) is -0.338. The van der Waals surface area contributed by atoms with Crippen molar-refractivity contribution < 1.29 is 14.0 Å². The van der Waals surface area contributed by atoms with Crippen molar-refractivity contribution in [2.75, 3.05) is 17.2 Å². The summed E-state index contributed by atoms with van der Waals surface area (Å²) in [6, 6.07) is 18.9. The molecule has 4 nitrogen and oxygen atoms in total. The summed E-state index contributed by atoms with van der Waals surface area (Å²) in [6.45, 7) is 2.75. The van der Waals surface area contributed by atoms with Gasteiger partial charge >= 0.3 is 0 Å². The van der Waals surface area contributed by atoms with Gasteiger partial charge in [0.2, 0.25) is 0 Å². The Labute approximate surface area is 195 Å². The van der Waals surface area contributed by atoms with E-state index in [2.05, 4.69) is 0 Å².